The molecule has 0 saturated heterocycles. The number of benzene rings is 1. The van der Waals surface area contributed by atoms with Gasteiger partial charge >= 0.3 is 0 Å². The first-order chi connectivity index (χ1) is 15.0. The highest BCUT2D eigenvalue weighted by Gasteiger charge is 2.19. The van der Waals surface area contributed by atoms with Gasteiger partial charge in [0.1, 0.15) is 11.1 Å². The maximum Gasteiger partial charge on any atom is 0.194 e. The van der Waals surface area contributed by atoms with Gasteiger partial charge in [-0.3, -0.25) is 9.89 Å². The minimum Gasteiger partial charge on any atom is -0.390 e. The Hall–Kier alpha value is -2.00. The van der Waals surface area contributed by atoms with Crippen LogP contribution in [0.2, 0.25) is 0 Å². The third-order valence-electron chi connectivity index (χ3n) is 5.50. The van der Waals surface area contributed by atoms with Crippen molar-refractivity contribution in [2.75, 3.05) is 40.3 Å². The lowest BCUT2D eigenvalue weighted by Crippen LogP contribution is -2.41. The van der Waals surface area contributed by atoms with E-state index in [2.05, 4.69) is 49.8 Å². The summed E-state index contributed by atoms with van der Waals surface area (Å²) < 4.78 is 5.35. The molecule has 31 heavy (non-hydrogen) atoms. The smallest absolute Gasteiger partial charge is 0.194 e. The molecular formula is C23H35N5O2S. The third kappa shape index (κ3) is 6.74. The average Bonchev–Trinajstić information content (AvgIpc) is 3.24. The van der Waals surface area contributed by atoms with Crippen molar-refractivity contribution in [3.63, 3.8) is 0 Å². The van der Waals surface area contributed by atoms with E-state index in [0.29, 0.717) is 19.6 Å². The molecule has 2 atom stereocenters. The van der Waals surface area contributed by atoms with E-state index in [4.69, 9.17) is 4.74 Å². The number of aliphatic imine (C=N–C) groups is 1. The summed E-state index contributed by atoms with van der Waals surface area (Å²) in [5.41, 5.74) is 3.78. The number of nitrogens with one attached hydrogen (secondary N) is 1. The van der Waals surface area contributed by atoms with E-state index >= 15 is 0 Å². The fourth-order valence-electron chi connectivity index (χ4n) is 3.73. The van der Waals surface area contributed by atoms with Crippen LogP contribution in [0.25, 0.3) is 0 Å². The van der Waals surface area contributed by atoms with Crippen molar-refractivity contribution in [2.45, 2.75) is 45.6 Å². The van der Waals surface area contributed by atoms with Crippen LogP contribution in [0.3, 0.4) is 0 Å². The Morgan fingerprint density at radius 3 is 2.90 bits per heavy atom. The molecule has 2 unspecified atom stereocenters. The SMILES string of the molecule is CCNC(=NCC(O)CN1CCc2ccccc2C1)N(C)Cc1csc(C(C)OC)n1. The van der Waals surface area contributed by atoms with Gasteiger partial charge in [0.15, 0.2) is 5.96 Å². The molecule has 0 bridgehead atoms. The number of aliphatic hydroxyl groups is 1. The molecule has 0 aliphatic carbocycles. The van der Waals surface area contributed by atoms with Crippen LogP contribution in [0.1, 0.15) is 41.8 Å². The van der Waals surface area contributed by atoms with E-state index in [1.807, 2.05) is 25.8 Å². The molecule has 2 aromatic rings. The summed E-state index contributed by atoms with van der Waals surface area (Å²) in [6.07, 6.45) is 0.540. The van der Waals surface area contributed by atoms with Crippen molar-refractivity contribution in [1.82, 2.24) is 20.1 Å². The van der Waals surface area contributed by atoms with Crippen molar-refractivity contribution in [2.24, 2.45) is 4.99 Å². The highest BCUT2D eigenvalue weighted by Crippen LogP contribution is 2.21. The second-order valence-corrected chi connectivity index (χ2v) is 8.90. The van der Waals surface area contributed by atoms with E-state index in [1.165, 1.54) is 11.1 Å². The zero-order valence-corrected chi connectivity index (χ0v) is 19.9. The molecule has 1 aromatic carbocycles. The predicted octanol–water partition coefficient (Wildman–Crippen LogP) is 2.67. The second kappa shape index (κ2) is 11.6. The first kappa shape index (κ1) is 23.7. The van der Waals surface area contributed by atoms with Crippen LogP contribution in [-0.2, 0) is 24.2 Å². The minimum absolute atomic E-state index is 0.00265. The molecule has 1 aliphatic heterocycles. The van der Waals surface area contributed by atoms with Crippen molar-refractivity contribution in [1.29, 1.82) is 0 Å². The highest BCUT2D eigenvalue weighted by atomic mass is 32.1. The number of hydrogen-bond acceptors (Lipinski definition) is 6. The van der Waals surface area contributed by atoms with Crippen LogP contribution in [0.4, 0.5) is 0 Å². The summed E-state index contributed by atoms with van der Waals surface area (Å²) >= 11 is 1.61. The first-order valence-corrected chi connectivity index (χ1v) is 11.8. The van der Waals surface area contributed by atoms with Crippen molar-refractivity contribution in [3.8, 4) is 0 Å². The van der Waals surface area contributed by atoms with Gasteiger partial charge in [0, 0.05) is 45.7 Å². The predicted molar refractivity (Wildman–Crippen MR) is 126 cm³/mol. The van der Waals surface area contributed by atoms with Crippen LogP contribution >= 0.6 is 11.3 Å². The summed E-state index contributed by atoms with van der Waals surface area (Å²) in [6, 6.07) is 8.57. The summed E-state index contributed by atoms with van der Waals surface area (Å²) in [7, 11) is 3.69. The summed E-state index contributed by atoms with van der Waals surface area (Å²) in [5, 5.41) is 17.0. The maximum atomic E-state index is 10.6. The largest absolute Gasteiger partial charge is 0.390 e. The maximum absolute atomic E-state index is 10.6. The fraction of sp³-hybridized carbons (Fsp3) is 0.565. The van der Waals surface area contributed by atoms with Crippen LogP contribution < -0.4 is 5.32 Å². The second-order valence-electron chi connectivity index (χ2n) is 8.01. The lowest BCUT2D eigenvalue weighted by atomic mass is 10.00. The molecule has 1 aliphatic rings. The number of nitrogens with zero attached hydrogens (tertiary/aromatic N) is 4. The molecular weight excluding hydrogens is 410 g/mol. The molecule has 7 nitrogen and oxygen atoms in total. The summed E-state index contributed by atoms with van der Waals surface area (Å²) in [4.78, 5) is 13.7. The Balaban J connectivity index is 1.54. The molecule has 0 spiro atoms. The number of hydrogen-bond donors (Lipinski definition) is 2. The average molecular weight is 446 g/mol. The summed E-state index contributed by atoms with van der Waals surface area (Å²) in [6.45, 7) is 8.33. The number of ether oxygens (including phenoxy) is 1. The van der Waals surface area contributed by atoms with Gasteiger partial charge in [-0.05, 0) is 31.4 Å². The molecule has 1 aromatic heterocycles. The minimum atomic E-state index is -0.499. The topological polar surface area (TPSA) is 73.2 Å². The van der Waals surface area contributed by atoms with Crippen LogP contribution in [0.5, 0.6) is 0 Å². The molecule has 0 radical (unpaired) electrons. The zero-order chi connectivity index (χ0) is 22.2. The number of methoxy groups -OCH3 is 1. The molecule has 0 amide bonds. The number of aromatic nitrogens is 1. The molecule has 170 valence electrons. The fourth-order valence-corrected chi connectivity index (χ4v) is 4.57. The molecule has 0 saturated carbocycles. The zero-order valence-electron chi connectivity index (χ0n) is 19.0. The molecule has 3 rings (SSSR count). The number of aliphatic hydroxyl groups excluding tert-OH is 1. The Morgan fingerprint density at radius 2 is 2.16 bits per heavy atom. The van der Waals surface area contributed by atoms with E-state index < -0.39 is 6.10 Å². The van der Waals surface area contributed by atoms with Crippen LogP contribution in [0, 0.1) is 0 Å². The van der Waals surface area contributed by atoms with E-state index in [-0.39, 0.29) is 6.10 Å². The molecule has 2 N–H and O–H groups in total. The van der Waals surface area contributed by atoms with Gasteiger partial charge in [0.05, 0.1) is 24.9 Å². The third-order valence-corrected chi connectivity index (χ3v) is 6.55. The van der Waals surface area contributed by atoms with Crippen molar-refractivity contribution in [3.05, 3.63) is 51.5 Å². The Morgan fingerprint density at radius 1 is 1.39 bits per heavy atom. The number of guanidine groups is 1. The quantitative estimate of drug-likeness (QED) is 0.457. The number of thiazole rings is 1. The van der Waals surface area contributed by atoms with Crippen molar-refractivity contribution >= 4 is 17.3 Å². The van der Waals surface area contributed by atoms with Crippen LogP contribution in [-0.4, -0.2) is 72.3 Å². The standard InChI is InChI=1S/C23H35N5O2S/c1-5-24-23(27(3)14-20-16-31-22(26-20)17(2)30-4)25-12-21(29)15-28-11-10-18-8-6-7-9-19(18)13-28/h6-9,16-17,21,29H,5,10-15H2,1-4H3,(H,24,25). The van der Waals surface area contributed by atoms with Crippen LogP contribution in [0.15, 0.2) is 34.6 Å². The normalized spacial score (nSPS) is 16.6. The lowest BCUT2D eigenvalue weighted by Gasteiger charge is -2.30. The van der Waals surface area contributed by atoms with Gasteiger partial charge < -0.3 is 20.1 Å². The van der Waals surface area contributed by atoms with Gasteiger partial charge in [0.25, 0.3) is 0 Å². The Labute approximate surface area is 189 Å². The van der Waals surface area contributed by atoms with E-state index in [1.54, 1.807) is 18.4 Å². The van der Waals surface area contributed by atoms with Gasteiger partial charge in [-0.1, -0.05) is 24.3 Å². The lowest BCUT2D eigenvalue weighted by molar-refractivity contribution is 0.111. The highest BCUT2D eigenvalue weighted by molar-refractivity contribution is 7.09. The van der Waals surface area contributed by atoms with E-state index in [0.717, 1.165) is 42.7 Å². The van der Waals surface area contributed by atoms with Gasteiger partial charge in [0.2, 0.25) is 0 Å². The van der Waals surface area contributed by atoms with E-state index in [9.17, 15) is 5.11 Å². The molecule has 0 fully saturated rings. The Kier molecular flexibility index (Phi) is 8.83. The van der Waals surface area contributed by atoms with Gasteiger partial charge in [-0.15, -0.1) is 11.3 Å². The number of β-amino-alcohol motifs (C(OH)–C–C–N with tert-alkyl or cyclic N) is 1. The molecule has 2 heterocycles. The Bertz CT molecular complexity index is 856. The molecule has 8 heteroatoms. The summed E-state index contributed by atoms with van der Waals surface area (Å²) in [5.74, 6) is 0.778. The number of rotatable bonds is 9. The number of fused-ring (bicyclic) bond motifs is 1. The monoisotopic (exact) mass is 445 g/mol. The van der Waals surface area contributed by atoms with Gasteiger partial charge in [-0.25, -0.2) is 4.98 Å². The first-order valence-electron chi connectivity index (χ1n) is 10.9. The van der Waals surface area contributed by atoms with Gasteiger partial charge in [-0.2, -0.15) is 0 Å². The van der Waals surface area contributed by atoms with Crippen molar-refractivity contribution < 1.29 is 9.84 Å².